The molecule has 0 saturated heterocycles. The molecule has 2 aliphatic heterocycles. The molecule has 4 aromatic rings. The van der Waals surface area contributed by atoms with E-state index < -0.39 is 21.3 Å². The fourth-order valence-electron chi connectivity index (χ4n) is 9.82. The molecule has 15 heteroatoms. The number of para-hydroxylation sites is 1. The molecule has 0 radical (unpaired) electrons. The molecule has 4 aromatic carbocycles. The van der Waals surface area contributed by atoms with Gasteiger partial charge in [-0.2, -0.15) is 4.58 Å². The van der Waals surface area contributed by atoms with E-state index in [0.717, 1.165) is 75.8 Å². The third kappa shape index (κ3) is 12.2. The fraction of sp³-hybridized carbons (Fsp3) is 0.407. The van der Waals surface area contributed by atoms with Crippen LogP contribution in [0.4, 0.5) is 11.4 Å². The van der Waals surface area contributed by atoms with Crippen molar-refractivity contribution in [3.8, 4) is 0 Å². The number of carbonyl (C=O) groups is 1. The van der Waals surface area contributed by atoms with Gasteiger partial charge in [0.05, 0.1) is 60.2 Å². The average molecular weight is 976 g/mol. The van der Waals surface area contributed by atoms with Crippen molar-refractivity contribution in [3.05, 3.63) is 153 Å². The van der Waals surface area contributed by atoms with Crippen LogP contribution in [0.15, 0.2) is 125 Å². The number of rotatable bonds is 25. The number of halogens is 1. The van der Waals surface area contributed by atoms with E-state index in [-0.39, 0.29) is 17.7 Å². The highest BCUT2D eigenvalue weighted by Gasteiger charge is 2.46. The maximum absolute atomic E-state index is 12.6. The lowest BCUT2D eigenvalue weighted by Crippen LogP contribution is -2.28. The molecule has 1 amide bonds. The highest BCUT2D eigenvalue weighted by molar-refractivity contribution is 7.85. The molecule has 1 N–H and O–H groups in total. The third-order valence-electron chi connectivity index (χ3n) is 13.1. The smallest absolute Gasteiger partial charge is 0.220 e. The molecule has 1 aliphatic carbocycles. The molecule has 364 valence electrons. The molecule has 0 bridgehead atoms. The molecule has 13 nitrogen and oxygen atoms in total. The van der Waals surface area contributed by atoms with Crippen LogP contribution in [0.2, 0.25) is 0 Å². The Bertz CT molecular complexity index is 2840. The molecule has 0 fully saturated rings. The van der Waals surface area contributed by atoms with Crippen LogP contribution in [-0.4, -0.2) is 101 Å². The second-order valence-corrected chi connectivity index (χ2v) is 20.3. The highest BCUT2D eigenvalue weighted by atomic mass is 35.5. The Morgan fingerprint density at radius 3 is 2.29 bits per heavy atom. The lowest BCUT2D eigenvalue weighted by atomic mass is 9.79. The number of benzene rings is 4. The summed E-state index contributed by atoms with van der Waals surface area (Å²) in [6.45, 7) is 13.3. The minimum atomic E-state index is -4.37. The molecule has 3 aliphatic rings. The van der Waals surface area contributed by atoms with Crippen LogP contribution in [-0.2, 0) is 40.0 Å². The lowest BCUT2D eigenvalue weighted by Gasteiger charge is -2.27. The zero-order valence-electron chi connectivity index (χ0n) is 40.1. The van der Waals surface area contributed by atoms with E-state index >= 15 is 0 Å². The third-order valence-corrected chi connectivity index (χ3v) is 14.3. The van der Waals surface area contributed by atoms with Gasteiger partial charge in [0.2, 0.25) is 11.6 Å². The summed E-state index contributed by atoms with van der Waals surface area (Å²) in [4.78, 5) is 17.7. The van der Waals surface area contributed by atoms with Gasteiger partial charge in [-0.15, -0.1) is 0 Å². The second kappa shape index (κ2) is 23.4. The normalized spacial score (nSPS) is 17.0. The van der Waals surface area contributed by atoms with Gasteiger partial charge in [0.25, 0.3) is 0 Å². The van der Waals surface area contributed by atoms with Crippen molar-refractivity contribution in [1.29, 1.82) is 0 Å². The number of fused-ring (bicyclic) bond motifs is 5. The zero-order chi connectivity index (χ0) is 49.0. The lowest BCUT2D eigenvalue weighted by molar-refractivity contribution is -0.437. The molecule has 0 unspecified atom stereocenters. The minimum Gasteiger partial charge on any atom is -0.748 e. The Kier molecular flexibility index (Phi) is 17.4. The predicted octanol–water partition coefficient (Wildman–Crippen LogP) is 10.5. The summed E-state index contributed by atoms with van der Waals surface area (Å²) in [5.74, 6) is -0.423. The van der Waals surface area contributed by atoms with Gasteiger partial charge >= 0.3 is 0 Å². The summed E-state index contributed by atoms with van der Waals surface area (Å²) in [7, 11) is -4.37. The first-order chi connectivity index (χ1) is 33.2. The summed E-state index contributed by atoms with van der Waals surface area (Å²) in [5, 5.41) is 9.27. The molecule has 0 spiro atoms. The number of carbonyl (C=O) groups excluding carboxylic acids is 1. The Hall–Kier alpha value is -5.57. The number of ether oxygens (including phenoxy) is 3. The van der Waals surface area contributed by atoms with Crippen molar-refractivity contribution in [2.45, 2.75) is 70.6 Å². The maximum Gasteiger partial charge on any atom is 0.220 e. The van der Waals surface area contributed by atoms with E-state index in [1.807, 2.05) is 24.3 Å². The van der Waals surface area contributed by atoms with Crippen molar-refractivity contribution in [1.82, 2.24) is 5.32 Å². The maximum atomic E-state index is 12.6. The van der Waals surface area contributed by atoms with Gasteiger partial charge in [0.15, 0.2) is 5.71 Å². The Morgan fingerprint density at radius 2 is 1.52 bits per heavy atom. The van der Waals surface area contributed by atoms with E-state index in [0.29, 0.717) is 70.7 Å². The van der Waals surface area contributed by atoms with E-state index in [1.54, 1.807) is 0 Å². The quantitative estimate of drug-likeness (QED) is 0.0171. The number of hydrogen-bond acceptors (Lipinski definition) is 9. The van der Waals surface area contributed by atoms with Crippen LogP contribution in [0.3, 0.4) is 0 Å². The van der Waals surface area contributed by atoms with Gasteiger partial charge in [-0.05, 0) is 84.0 Å². The molecule has 2 heterocycles. The van der Waals surface area contributed by atoms with Gasteiger partial charge in [-0.25, -0.2) is 8.42 Å². The fourth-order valence-corrected chi connectivity index (χ4v) is 10.6. The number of nitrogens with zero attached hydrogens (tertiary/aromatic N) is 5. The van der Waals surface area contributed by atoms with Crippen molar-refractivity contribution in [3.63, 3.8) is 0 Å². The molecule has 0 aromatic heterocycles. The molecular formula is C54H63ClN6O7S. The predicted molar refractivity (Wildman–Crippen MR) is 275 cm³/mol. The second-order valence-electron chi connectivity index (χ2n) is 18.4. The number of amides is 1. The van der Waals surface area contributed by atoms with Gasteiger partial charge in [0, 0.05) is 88.8 Å². The average Bonchev–Trinajstić information content (AvgIpc) is 3.81. The monoisotopic (exact) mass is 974 g/mol. The standard InChI is InChI=1S/C54H63ClN6O7S/c1-53(2)45-19-11-12-20-46(45)60(30-13-5-6-21-50(62)57-28-32-66-34-36-68-37-35-67-33-29-58-59-56)48(53)26-23-43-41-17-9-10-18-42(41)44(52(43)55)24-27-49-54(3,4)51-40-16-8-7-15-39(40)22-25-47(51)61(49)31-14-38-69(63,64)65/h7-12,15-20,22-27H,5-6,13-14,21,28-38H2,1-4H3,(H-,57,62,63,64,65). The van der Waals surface area contributed by atoms with E-state index in [1.165, 1.54) is 16.9 Å². The van der Waals surface area contributed by atoms with E-state index in [9.17, 15) is 17.8 Å². The number of allylic oxidation sites excluding steroid dienone is 8. The summed E-state index contributed by atoms with van der Waals surface area (Å²) in [6.07, 6.45) is 11.8. The number of hydrogen-bond donors (Lipinski definition) is 1. The summed E-state index contributed by atoms with van der Waals surface area (Å²) in [5.41, 5.74) is 18.2. The van der Waals surface area contributed by atoms with E-state index in [2.05, 4.69) is 137 Å². The van der Waals surface area contributed by atoms with Crippen LogP contribution in [0.1, 0.15) is 82.1 Å². The Labute approximate surface area is 411 Å². The van der Waals surface area contributed by atoms with Gasteiger partial charge < -0.3 is 29.0 Å². The number of unbranched alkanes of at least 4 members (excludes halogenated alkanes) is 2. The first kappa shape index (κ1) is 51.3. The van der Waals surface area contributed by atoms with Crippen LogP contribution in [0.25, 0.3) is 32.4 Å². The highest BCUT2D eigenvalue weighted by Crippen LogP contribution is 2.50. The van der Waals surface area contributed by atoms with Crippen LogP contribution in [0.5, 0.6) is 0 Å². The van der Waals surface area contributed by atoms with Crippen molar-refractivity contribution in [2.24, 2.45) is 5.11 Å². The van der Waals surface area contributed by atoms with Crippen molar-refractivity contribution < 1.29 is 36.6 Å². The van der Waals surface area contributed by atoms with Crippen molar-refractivity contribution >= 4 is 66.6 Å². The molecule has 7 rings (SSSR count). The summed E-state index contributed by atoms with van der Waals surface area (Å²) in [6, 6.07) is 29.3. The SMILES string of the molecule is CC1(C)C(/C=C/C2=C(Cl)C(=C/C=C3/N(CCCCCC(=O)NCCOCCOCCOCCN=[N+]=[N-])c4ccccc4C3(C)C)/c3ccccc32)=[N+](CCCS(=O)(=O)[O-])c2ccc3ccccc3c21. The van der Waals surface area contributed by atoms with Crippen molar-refractivity contribution in [2.75, 3.05) is 76.5 Å². The van der Waals surface area contributed by atoms with Crippen LogP contribution >= 0.6 is 11.6 Å². The Balaban J connectivity index is 1.02. The van der Waals surface area contributed by atoms with Gasteiger partial charge in [0.1, 0.15) is 6.54 Å². The Morgan fingerprint density at radius 1 is 0.826 bits per heavy atom. The molecule has 69 heavy (non-hydrogen) atoms. The van der Waals surface area contributed by atoms with Crippen LogP contribution in [0, 0.1) is 0 Å². The number of nitrogens with one attached hydrogen (secondary N) is 1. The zero-order valence-corrected chi connectivity index (χ0v) is 41.7. The summed E-state index contributed by atoms with van der Waals surface area (Å²) >= 11 is 7.46. The minimum absolute atomic E-state index is 0.0126. The first-order valence-corrected chi connectivity index (χ1v) is 25.8. The molecular weight excluding hydrogens is 912 g/mol. The molecule has 0 atom stereocenters. The van der Waals surface area contributed by atoms with Gasteiger partial charge in [-0.3, -0.25) is 4.79 Å². The summed E-state index contributed by atoms with van der Waals surface area (Å²) < 4.78 is 53.6. The number of azide groups is 1. The largest absolute Gasteiger partial charge is 0.748 e. The first-order valence-electron chi connectivity index (χ1n) is 23.8. The topological polar surface area (TPSA) is 169 Å². The number of anilines is 1. The van der Waals surface area contributed by atoms with E-state index in [4.69, 9.17) is 31.3 Å². The molecule has 0 saturated carbocycles. The van der Waals surface area contributed by atoms with Gasteiger partial charge in [-0.1, -0.05) is 110 Å². The van der Waals surface area contributed by atoms with Crippen LogP contribution < -0.4 is 10.2 Å².